The predicted molar refractivity (Wildman–Crippen MR) is 122 cm³/mol. The van der Waals surface area contributed by atoms with E-state index in [0.717, 1.165) is 44.9 Å². The van der Waals surface area contributed by atoms with E-state index in [0.29, 0.717) is 26.1 Å². The minimum absolute atomic E-state index is 0.294. The van der Waals surface area contributed by atoms with Crippen LogP contribution < -0.4 is 0 Å². The van der Waals surface area contributed by atoms with Crippen molar-refractivity contribution in [2.45, 2.75) is 130 Å². The number of phosphoric ester groups is 1. The van der Waals surface area contributed by atoms with Crippen molar-refractivity contribution < 1.29 is 27.7 Å². The van der Waals surface area contributed by atoms with Gasteiger partial charge < -0.3 is 4.74 Å². The Morgan fingerprint density at radius 1 is 0.700 bits per heavy atom. The van der Waals surface area contributed by atoms with Crippen LogP contribution in [0.5, 0.6) is 0 Å². The molecule has 0 aliphatic heterocycles. The lowest BCUT2D eigenvalue weighted by Crippen LogP contribution is -2.21. The van der Waals surface area contributed by atoms with E-state index in [1.54, 1.807) is 0 Å². The first-order valence-corrected chi connectivity index (χ1v) is 13.7. The molecule has 7 heteroatoms. The quantitative estimate of drug-likeness (QED) is 0.0721. The van der Waals surface area contributed by atoms with E-state index >= 15 is 0 Å². The second-order valence-corrected chi connectivity index (χ2v) is 9.45. The molecule has 0 amide bonds. The third-order valence-electron chi connectivity index (χ3n) is 4.82. The largest absolute Gasteiger partial charge is 0.477 e. The number of carbonyl (C=O) groups is 1. The topological polar surface area (TPSA) is 71.1 Å². The van der Waals surface area contributed by atoms with Gasteiger partial charge in [-0.1, -0.05) is 91.9 Å². The van der Waals surface area contributed by atoms with Gasteiger partial charge in [-0.3, -0.25) is 13.8 Å². The lowest BCUT2D eigenvalue weighted by molar-refractivity contribution is -0.166. The van der Waals surface area contributed by atoms with Crippen LogP contribution in [-0.2, 0) is 27.7 Å². The van der Waals surface area contributed by atoms with Gasteiger partial charge >= 0.3 is 13.8 Å². The van der Waals surface area contributed by atoms with Crippen LogP contribution in [0.15, 0.2) is 0 Å². The molecule has 0 bridgehead atoms. The SMILES string of the molecule is CCCCCCCCCCCC(=O)OC(CC)OP(=O)(OCCCC)OCCCC. The molecule has 0 N–H and O–H groups in total. The Balaban J connectivity index is 4.21. The van der Waals surface area contributed by atoms with Crippen LogP contribution in [0.2, 0.25) is 0 Å². The fraction of sp³-hybridized carbons (Fsp3) is 0.957. The molecule has 0 aromatic carbocycles. The zero-order chi connectivity index (χ0) is 22.5. The first-order valence-electron chi connectivity index (χ1n) is 12.3. The van der Waals surface area contributed by atoms with Crippen LogP contribution in [0.1, 0.15) is 124 Å². The zero-order valence-electron chi connectivity index (χ0n) is 20.0. The number of esters is 1. The van der Waals surface area contributed by atoms with Crippen LogP contribution >= 0.6 is 7.82 Å². The highest BCUT2D eigenvalue weighted by Crippen LogP contribution is 2.51. The van der Waals surface area contributed by atoms with Crippen molar-refractivity contribution >= 4 is 13.8 Å². The van der Waals surface area contributed by atoms with Crippen LogP contribution in [0, 0.1) is 0 Å². The van der Waals surface area contributed by atoms with Crippen molar-refractivity contribution in [3.63, 3.8) is 0 Å². The predicted octanol–water partition coefficient (Wildman–Crippen LogP) is 7.94. The first kappa shape index (κ1) is 29.6. The van der Waals surface area contributed by atoms with E-state index in [9.17, 15) is 9.36 Å². The van der Waals surface area contributed by atoms with Crippen molar-refractivity contribution in [1.29, 1.82) is 0 Å². The van der Waals surface area contributed by atoms with Crippen LogP contribution in [-0.4, -0.2) is 25.5 Å². The Bertz CT molecular complexity index is 429. The first-order chi connectivity index (χ1) is 14.5. The number of unbranched alkanes of at least 4 members (excludes halogenated alkanes) is 10. The van der Waals surface area contributed by atoms with Gasteiger partial charge in [0.2, 0.25) is 6.29 Å². The van der Waals surface area contributed by atoms with Gasteiger partial charge in [-0.15, -0.1) is 0 Å². The Kier molecular flexibility index (Phi) is 20.2. The Morgan fingerprint density at radius 3 is 1.63 bits per heavy atom. The highest BCUT2D eigenvalue weighted by atomic mass is 31.2. The van der Waals surface area contributed by atoms with Gasteiger partial charge in [0, 0.05) is 12.8 Å². The average molecular weight is 451 g/mol. The van der Waals surface area contributed by atoms with E-state index < -0.39 is 14.1 Å². The Hall–Kier alpha value is -0.420. The molecule has 30 heavy (non-hydrogen) atoms. The molecular formula is C23H47O6P. The zero-order valence-corrected chi connectivity index (χ0v) is 20.9. The molecule has 0 heterocycles. The molecule has 0 aliphatic carbocycles. The van der Waals surface area contributed by atoms with E-state index in [2.05, 4.69) is 6.92 Å². The van der Waals surface area contributed by atoms with Gasteiger partial charge in [-0.05, 0) is 19.3 Å². The highest BCUT2D eigenvalue weighted by molar-refractivity contribution is 7.48. The summed E-state index contributed by atoms with van der Waals surface area (Å²) in [4.78, 5) is 12.2. The molecule has 0 fully saturated rings. The maximum atomic E-state index is 12.9. The second-order valence-electron chi connectivity index (χ2n) is 7.83. The molecule has 1 atom stereocenters. The van der Waals surface area contributed by atoms with Gasteiger partial charge in [0.15, 0.2) is 0 Å². The smallest absolute Gasteiger partial charge is 0.435 e. The molecule has 0 rings (SSSR count). The van der Waals surface area contributed by atoms with Crippen LogP contribution in [0.4, 0.5) is 0 Å². The normalized spacial score (nSPS) is 12.8. The van der Waals surface area contributed by atoms with E-state index in [1.807, 2.05) is 20.8 Å². The molecule has 0 aromatic rings. The summed E-state index contributed by atoms with van der Waals surface area (Å²) in [5.74, 6) is -0.321. The van der Waals surface area contributed by atoms with Gasteiger partial charge in [-0.2, -0.15) is 0 Å². The number of hydrogen-bond acceptors (Lipinski definition) is 6. The summed E-state index contributed by atoms with van der Waals surface area (Å²) < 4.78 is 34.6. The third kappa shape index (κ3) is 17.3. The lowest BCUT2D eigenvalue weighted by Gasteiger charge is -2.23. The second kappa shape index (κ2) is 20.5. The van der Waals surface area contributed by atoms with Crippen molar-refractivity contribution in [2.75, 3.05) is 13.2 Å². The summed E-state index contributed by atoms with van der Waals surface area (Å²) in [6.07, 6.45) is 13.9. The number of phosphoric acid groups is 1. The van der Waals surface area contributed by atoms with Crippen LogP contribution in [0.25, 0.3) is 0 Å². The van der Waals surface area contributed by atoms with Crippen molar-refractivity contribution in [3.8, 4) is 0 Å². The fourth-order valence-electron chi connectivity index (χ4n) is 2.85. The standard InChI is InChI=1S/C23H47O6P/c1-5-9-12-13-14-15-16-17-18-19-22(24)28-23(8-4)29-30(25,26-20-10-6-2)27-21-11-7-3/h23H,5-21H2,1-4H3. The number of carbonyl (C=O) groups excluding carboxylic acids is 1. The maximum absolute atomic E-state index is 12.9. The third-order valence-corrected chi connectivity index (χ3v) is 6.31. The summed E-state index contributed by atoms with van der Waals surface area (Å²) in [6.45, 7) is 8.68. The lowest BCUT2D eigenvalue weighted by atomic mass is 10.1. The molecule has 0 spiro atoms. The minimum atomic E-state index is -3.74. The fourth-order valence-corrected chi connectivity index (χ4v) is 4.23. The number of rotatable bonds is 22. The van der Waals surface area contributed by atoms with Gasteiger partial charge in [0.05, 0.1) is 13.2 Å². The molecule has 6 nitrogen and oxygen atoms in total. The molecule has 0 saturated heterocycles. The molecule has 0 radical (unpaired) electrons. The Morgan fingerprint density at radius 2 is 1.17 bits per heavy atom. The highest BCUT2D eigenvalue weighted by Gasteiger charge is 2.31. The molecule has 0 aromatic heterocycles. The van der Waals surface area contributed by atoms with E-state index in [1.165, 1.54) is 38.5 Å². The summed E-state index contributed by atoms with van der Waals surface area (Å²) in [6, 6.07) is 0. The minimum Gasteiger partial charge on any atom is -0.435 e. The van der Waals surface area contributed by atoms with Gasteiger partial charge in [0.1, 0.15) is 0 Å². The van der Waals surface area contributed by atoms with Crippen LogP contribution in [0.3, 0.4) is 0 Å². The van der Waals surface area contributed by atoms with Crippen molar-refractivity contribution in [3.05, 3.63) is 0 Å². The van der Waals surface area contributed by atoms with Crippen molar-refractivity contribution in [2.24, 2.45) is 0 Å². The Labute approximate surface area is 185 Å². The monoisotopic (exact) mass is 450 g/mol. The number of ether oxygens (including phenoxy) is 1. The van der Waals surface area contributed by atoms with E-state index in [-0.39, 0.29) is 5.97 Å². The summed E-state index contributed by atoms with van der Waals surface area (Å²) >= 11 is 0. The molecule has 1 unspecified atom stereocenters. The van der Waals surface area contributed by atoms with E-state index in [4.69, 9.17) is 18.3 Å². The molecule has 0 saturated carbocycles. The average Bonchev–Trinajstić information content (AvgIpc) is 2.72. The summed E-state index contributed by atoms with van der Waals surface area (Å²) in [5.41, 5.74) is 0. The summed E-state index contributed by atoms with van der Waals surface area (Å²) in [5, 5.41) is 0. The van der Waals surface area contributed by atoms with Gasteiger partial charge in [0.25, 0.3) is 0 Å². The van der Waals surface area contributed by atoms with Gasteiger partial charge in [-0.25, -0.2) is 9.09 Å². The molecule has 0 aliphatic rings. The van der Waals surface area contributed by atoms with Crippen molar-refractivity contribution in [1.82, 2.24) is 0 Å². The maximum Gasteiger partial charge on any atom is 0.477 e. The summed E-state index contributed by atoms with van der Waals surface area (Å²) in [7, 11) is -3.74. The molecular weight excluding hydrogens is 403 g/mol. The molecule has 180 valence electrons. The number of hydrogen-bond donors (Lipinski definition) is 0.